The highest BCUT2D eigenvalue weighted by Gasteiger charge is 2.13. The summed E-state index contributed by atoms with van der Waals surface area (Å²) in [6, 6.07) is 14.3. The van der Waals surface area contributed by atoms with Crippen molar-refractivity contribution < 1.29 is 5.11 Å². The minimum Gasteiger partial charge on any atom is -0.396 e. The minimum absolute atomic E-state index is 0.196. The smallest absolute Gasteiger partial charge is 0.133 e. The molecule has 0 atom stereocenters. The van der Waals surface area contributed by atoms with Crippen LogP contribution in [0.25, 0.3) is 11.1 Å². The minimum atomic E-state index is 0.196. The van der Waals surface area contributed by atoms with E-state index >= 15 is 0 Å². The van der Waals surface area contributed by atoms with Crippen LogP contribution in [0.3, 0.4) is 0 Å². The maximum atomic E-state index is 9.04. The van der Waals surface area contributed by atoms with Crippen molar-refractivity contribution in [3.63, 3.8) is 0 Å². The van der Waals surface area contributed by atoms with Crippen molar-refractivity contribution in [1.29, 1.82) is 0 Å². The van der Waals surface area contributed by atoms with Crippen molar-refractivity contribution >= 4 is 11.6 Å². The highest BCUT2D eigenvalue weighted by Crippen LogP contribution is 2.30. The average Bonchev–Trinajstić information content (AvgIpc) is 3.03. The highest BCUT2D eigenvalue weighted by molar-refractivity contribution is 6.30. The number of aliphatic hydroxyl groups is 1. The van der Waals surface area contributed by atoms with E-state index in [9.17, 15) is 0 Å². The predicted molar refractivity (Wildman–Crippen MR) is 93.7 cm³/mol. The summed E-state index contributed by atoms with van der Waals surface area (Å²) in [7, 11) is 0. The average molecular weight is 327 g/mol. The second-order valence-corrected chi connectivity index (χ2v) is 5.84. The number of benzene rings is 1. The van der Waals surface area contributed by atoms with Gasteiger partial charge in [-0.25, -0.2) is 4.98 Å². The van der Waals surface area contributed by atoms with Crippen LogP contribution in [0, 0.1) is 0 Å². The monoisotopic (exact) mass is 326 g/mol. The van der Waals surface area contributed by atoms with Crippen molar-refractivity contribution in [2.75, 3.05) is 6.61 Å². The standard InChI is InChI=1S/C19H19ClN2O/c20-19-17(13-15-8-10-21-18(15)7-4-12-23)16(9-11-22-19)14-5-2-1-3-6-14/h1-3,5-6,8-11,21,23H,4,7,12-13H2. The Bertz CT molecular complexity index is 768. The highest BCUT2D eigenvalue weighted by atomic mass is 35.5. The van der Waals surface area contributed by atoms with Gasteiger partial charge in [-0.2, -0.15) is 0 Å². The van der Waals surface area contributed by atoms with Crippen molar-refractivity contribution in [3.05, 3.63) is 76.8 Å². The number of aryl methyl sites for hydroxylation is 1. The van der Waals surface area contributed by atoms with E-state index in [1.807, 2.05) is 30.5 Å². The molecule has 0 aliphatic carbocycles. The predicted octanol–water partition coefficient (Wildman–Crippen LogP) is 4.25. The third-order valence-corrected chi connectivity index (χ3v) is 4.30. The number of aromatic amines is 1. The van der Waals surface area contributed by atoms with Crippen LogP contribution in [-0.2, 0) is 12.8 Å². The molecule has 0 unspecified atom stereocenters. The molecule has 0 saturated carbocycles. The van der Waals surface area contributed by atoms with E-state index in [1.165, 1.54) is 5.56 Å². The fraction of sp³-hybridized carbons (Fsp3) is 0.211. The fourth-order valence-corrected chi connectivity index (χ4v) is 3.03. The van der Waals surface area contributed by atoms with Crippen molar-refractivity contribution in [2.45, 2.75) is 19.3 Å². The van der Waals surface area contributed by atoms with Gasteiger partial charge < -0.3 is 10.1 Å². The van der Waals surface area contributed by atoms with Gasteiger partial charge >= 0.3 is 0 Å². The molecule has 4 heteroatoms. The van der Waals surface area contributed by atoms with Crippen molar-refractivity contribution in [1.82, 2.24) is 9.97 Å². The van der Waals surface area contributed by atoms with E-state index < -0.39 is 0 Å². The number of rotatable bonds is 6. The molecule has 2 aromatic heterocycles. The van der Waals surface area contributed by atoms with Crippen LogP contribution in [-0.4, -0.2) is 21.7 Å². The summed E-state index contributed by atoms with van der Waals surface area (Å²) in [5.74, 6) is 0. The summed E-state index contributed by atoms with van der Waals surface area (Å²) in [5.41, 5.74) is 5.63. The summed E-state index contributed by atoms with van der Waals surface area (Å²) in [4.78, 5) is 7.52. The van der Waals surface area contributed by atoms with Gasteiger partial charge in [0, 0.05) is 36.7 Å². The van der Waals surface area contributed by atoms with Gasteiger partial charge in [0.05, 0.1) is 0 Å². The first-order valence-corrected chi connectivity index (χ1v) is 8.12. The molecule has 3 nitrogen and oxygen atoms in total. The number of aromatic nitrogens is 2. The lowest BCUT2D eigenvalue weighted by Gasteiger charge is -2.12. The van der Waals surface area contributed by atoms with Crippen LogP contribution in [0.1, 0.15) is 23.2 Å². The number of pyridine rings is 1. The molecule has 0 aliphatic heterocycles. The van der Waals surface area contributed by atoms with Crippen LogP contribution in [0.15, 0.2) is 54.9 Å². The van der Waals surface area contributed by atoms with Gasteiger partial charge in [-0.15, -0.1) is 0 Å². The number of hydrogen-bond acceptors (Lipinski definition) is 2. The first-order chi connectivity index (χ1) is 11.3. The molecular formula is C19H19ClN2O. The number of H-pyrrole nitrogens is 1. The molecule has 2 N–H and O–H groups in total. The Morgan fingerprint density at radius 1 is 1.09 bits per heavy atom. The van der Waals surface area contributed by atoms with Crippen molar-refractivity contribution in [2.24, 2.45) is 0 Å². The molecule has 0 spiro atoms. The lowest BCUT2D eigenvalue weighted by Crippen LogP contribution is -1.99. The Hall–Kier alpha value is -2.10. The Kier molecular flexibility index (Phi) is 5.11. The molecule has 0 amide bonds. The molecule has 3 aromatic rings. The lowest BCUT2D eigenvalue weighted by molar-refractivity contribution is 0.288. The van der Waals surface area contributed by atoms with Crippen LogP contribution in [0.4, 0.5) is 0 Å². The first-order valence-electron chi connectivity index (χ1n) is 7.74. The molecule has 0 aliphatic rings. The Morgan fingerprint density at radius 2 is 1.91 bits per heavy atom. The van der Waals surface area contributed by atoms with Crippen molar-refractivity contribution in [3.8, 4) is 11.1 Å². The normalized spacial score (nSPS) is 10.9. The quantitative estimate of drug-likeness (QED) is 0.665. The third-order valence-electron chi connectivity index (χ3n) is 3.97. The van der Waals surface area contributed by atoms with Gasteiger partial charge in [0.2, 0.25) is 0 Å². The van der Waals surface area contributed by atoms with E-state index in [1.54, 1.807) is 6.20 Å². The van der Waals surface area contributed by atoms with Gasteiger partial charge in [-0.05, 0) is 41.7 Å². The molecule has 0 fully saturated rings. The largest absolute Gasteiger partial charge is 0.396 e. The van der Waals surface area contributed by atoms with Crippen LogP contribution >= 0.6 is 11.6 Å². The number of nitrogens with zero attached hydrogens (tertiary/aromatic N) is 1. The molecule has 0 radical (unpaired) electrons. The number of hydrogen-bond donors (Lipinski definition) is 2. The first kappa shape index (κ1) is 15.8. The summed E-state index contributed by atoms with van der Waals surface area (Å²) in [6.45, 7) is 0.196. The SMILES string of the molecule is OCCCc1[nH]ccc1Cc1c(-c2ccccc2)ccnc1Cl. The zero-order valence-electron chi connectivity index (χ0n) is 12.8. The second kappa shape index (κ2) is 7.44. The van der Waals surface area contributed by atoms with Gasteiger partial charge in [0.1, 0.15) is 5.15 Å². The Balaban J connectivity index is 1.96. The summed E-state index contributed by atoms with van der Waals surface area (Å²) < 4.78 is 0. The molecule has 23 heavy (non-hydrogen) atoms. The number of aliphatic hydroxyl groups excluding tert-OH is 1. The van der Waals surface area contributed by atoms with Crippen LogP contribution in [0.2, 0.25) is 5.15 Å². The second-order valence-electron chi connectivity index (χ2n) is 5.48. The summed E-state index contributed by atoms with van der Waals surface area (Å²) in [5, 5.41) is 9.58. The van der Waals surface area contributed by atoms with E-state index in [4.69, 9.17) is 16.7 Å². The van der Waals surface area contributed by atoms with E-state index in [-0.39, 0.29) is 6.61 Å². The van der Waals surface area contributed by atoms with E-state index in [0.29, 0.717) is 5.15 Å². The van der Waals surface area contributed by atoms with Crippen LogP contribution < -0.4 is 0 Å². The molecule has 3 rings (SSSR count). The maximum absolute atomic E-state index is 9.04. The van der Waals surface area contributed by atoms with Gasteiger partial charge in [0.25, 0.3) is 0 Å². The van der Waals surface area contributed by atoms with Gasteiger partial charge in [-0.1, -0.05) is 41.9 Å². The summed E-state index contributed by atoms with van der Waals surface area (Å²) in [6.07, 6.45) is 5.99. The summed E-state index contributed by atoms with van der Waals surface area (Å²) >= 11 is 6.39. The fourth-order valence-electron chi connectivity index (χ4n) is 2.80. The Morgan fingerprint density at radius 3 is 2.70 bits per heavy atom. The topological polar surface area (TPSA) is 48.9 Å². The molecule has 2 heterocycles. The molecular weight excluding hydrogens is 308 g/mol. The van der Waals surface area contributed by atoms with E-state index in [0.717, 1.165) is 41.6 Å². The zero-order valence-corrected chi connectivity index (χ0v) is 13.6. The Labute approximate surface area is 141 Å². The van der Waals surface area contributed by atoms with Gasteiger partial charge in [0.15, 0.2) is 0 Å². The third kappa shape index (κ3) is 3.63. The molecule has 0 saturated heterocycles. The zero-order chi connectivity index (χ0) is 16.1. The molecule has 118 valence electrons. The number of halogens is 1. The van der Waals surface area contributed by atoms with Crippen LogP contribution in [0.5, 0.6) is 0 Å². The maximum Gasteiger partial charge on any atom is 0.133 e. The molecule has 0 bridgehead atoms. The van der Waals surface area contributed by atoms with E-state index in [2.05, 4.69) is 28.2 Å². The lowest BCUT2D eigenvalue weighted by atomic mass is 9.96. The number of nitrogens with one attached hydrogen (secondary N) is 1. The molecule has 1 aromatic carbocycles. The van der Waals surface area contributed by atoms with Gasteiger partial charge in [-0.3, -0.25) is 0 Å².